The molecule has 1 atom stereocenters. The molecule has 2 aromatic heterocycles. The SMILES string of the molecule is CC(Sc1ccc2ccccc2n1)C(=O)NCc1cccs1. The van der Waals surface area contributed by atoms with Gasteiger partial charge in [0.1, 0.15) is 0 Å². The molecule has 22 heavy (non-hydrogen) atoms. The Morgan fingerprint density at radius 1 is 1.23 bits per heavy atom. The molecule has 1 aromatic carbocycles. The first-order chi connectivity index (χ1) is 10.7. The molecule has 0 aliphatic heterocycles. The Hall–Kier alpha value is -1.85. The van der Waals surface area contributed by atoms with Crippen molar-refractivity contribution in [3.8, 4) is 0 Å². The van der Waals surface area contributed by atoms with Gasteiger partial charge in [-0.3, -0.25) is 4.79 Å². The van der Waals surface area contributed by atoms with Crippen LogP contribution in [0.25, 0.3) is 10.9 Å². The highest BCUT2D eigenvalue weighted by atomic mass is 32.2. The van der Waals surface area contributed by atoms with Crippen molar-refractivity contribution >= 4 is 39.9 Å². The number of aromatic nitrogens is 1. The molecular weight excluding hydrogens is 312 g/mol. The van der Waals surface area contributed by atoms with Crippen LogP contribution in [0.15, 0.2) is 58.9 Å². The lowest BCUT2D eigenvalue weighted by Crippen LogP contribution is -2.30. The molecule has 0 aliphatic rings. The summed E-state index contributed by atoms with van der Waals surface area (Å²) >= 11 is 3.13. The summed E-state index contributed by atoms with van der Waals surface area (Å²) in [6.45, 7) is 2.50. The summed E-state index contributed by atoms with van der Waals surface area (Å²) in [5, 5.41) is 6.79. The van der Waals surface area contributed by atoms with Crippen LogP contribution in [-0.4, -0.2) is 16.1 Å². The summed E-state index contributed by atoms with van der Waals surface area (Å²) in [4.78, 5) is 17.9. The fourth-order valence-electron chi connectivity index (χ4n) is 2.08. The van der Waals surface area contributed by atoms with E-state index in [0.29, 0.717) is 6.54 Å². The molecule has 0 bridgehead atoms. The Balaban J connectivity index is 1.61. The summed E-state index contributed by atoms with van der Waals surface area (Å²) in [5.41, 5.74) is 0.957. The maximum atomic E-state index is 12.2. The van der Waals surface area contributed by atoms with Crippen LogP contribution in [0.1, 0.15) is 11.8 Å². The number of nitrogens with zero attached hydrogens (tertiary/aromatic N) is 1. The molecule has 0 aliphatic carbocycles. The number of hydrogen-bond acceptors (Lipinski definition) is 4. The molecule has 3 rings (SSSR count). The normalized spacial score (nSPS) is 12.2. The highest BCUT2D eigenvalue weighted by Gasteiger charge is 2.15. The Kier molecular flexibility index (Phi) is 4.75. The molecule has 0 saturated carbocycles. The summed E-state index contributed by atoms with van der Waals surface area (Å²) in [6, 6.07) is 16.0. The number of nitrogens with one attached hydrogen (secondary N) is 1. The summed E-state index contributed by atoms with van der Waals surface area (Å²) in [5.74, 6) is 0.0355. The zero-order valence-corrected chi connectivity index (χ0v) is 13.8. The van der Waals surface area contributed by atoms with Crippen molar-refractivity contribution in [2.45, 2.75) is 23.7 Å². The van der Waals surface area contributed by atoms with Gasteiger partial charge in [0.2, 0.25) is 5.91 Å². The second kappa shape index (κ2) is 6.94. The quantitative estimate of drug-likeness (QED) is 0.717. The lowest BCUT2D eigenvalue weighted by atomic mass is 10.2. The van der Waals surface area contributed by atoms with Crippen molar-refractivity contribution in [2.24, 2.45) is 0 Å². The van der Waals surface area contributed by atoms with Gasteiger partial charge in [0.25, 0.3) is 0 Å². The third-order valence-corrected chi connectivity index (χ3v) is 5.17. The van der Waals surface area contributed by atoms with E-state index in [2.05, 4.69) is 10.3 Å². The van der Waals surface area contributed by atoms with E-state index in [1.54, 1.807) is 11.3 Å². The van der Waals surface area contributed by atoms with Gasteiger partial charge in [0.15, 0.2) is 0 Å². The molecule has 0 spiro atoms. The van der Waals surface area contributed by atoms with Crippen LogP contribution >= 0.6 is 23.1 Å². The topological polar surface area (TPSA) is 42.0 Å². The van der Waals surface area contributed by atoms with Gasteiger partial charge in [-0.05, 0) is 30.5 Å². The van der Waals surface area contributed by atoms with Gasteiger partial charge < -0.3 is 5.32 Å². The molecule has 0 radical (unpaired) electrons. The average Bonchev–Trinajstić information content (AvgIpc) is 3.06. The first-order valence-corrected chi connectivity index (χ1v) is 8.81. The Morgan fingerprint density at radius 2 is 2.09 bits per heavy atom. The van der Waals surface area contributed by atoms with Gasteiger partial charge in [-0.2, -0.15) is 0 Å². The molecule has 3 aromatic rings. The maximum Gasteiger partial charge on any atom is 0.233 e. The van der Waals surface area contributed by atoms with Gasteiger partial charge >= 0.3 is 0 Å². The van der Waals surface area contributed by atoms with E-state index in [0.717, 1.165) is 20.8 Å². The van der Waals surface area contributed by atoms with Crippen molar-refractivity contribution in [1.29, 1.82) is 0 Å². The van der Waals surface area contributed by atoms with Crippen molar-refractivity contribution in [1.82, 2.24) is 10.3 Å². The molecule has 1 amide bonds. The van der Waals surface area contributed by atoms with E-state index >= 15 is 0 Å². The first kappa shape index (κ1) is 15.1. The van der Waals surface area contributed by atoms with Crippen LogP contribution in [-0.2, 0) is 11.3 Å². The largest absolute Gasteiger partial charge is 0.350 e. The number of rotatable bonds is 5. The van der Waals surface area contributed by atoms with Crippen molar-refractivity contribution in [3.63, 3.8) is 0 Å². The third kappa shape index (κ3) is 3.67. The number of hydrogen-bond donors (Lipinski definition) is 1. The van der Waals surface area contributed by atoms with E-state index in [1.165, 1.54) is 11.8 Å². The summed E-state index contributed by atoms with van der Waals surface area (Å²) in [7, 11) is 0. The summed E-state index contributed by atoms with van der Waals surface area (Å²) in [6.07, 6.45) is 0. The molecule has 5 heteroatoms. The fraction of sp³-hybridized carbons (Fsp3) is 0.176. The van der Waals surface area contributed by atoms with Crippen molar-refractivity contribution < 1.29 is 4.79 Å². The van der Waals surface area contributed by atoms with Gasteiger partial charge in [0.05, 0.1) is 22.3 Å². The number of thioether (sulfide) groups is 1. The first-order valence-electron chi connectivity index (χ1n) is 7.05. The van der Waals surface area contributed by atoms with Crippen LogP contribution < -0.4 is 5.32 Å². The molecule has 1 unspecified atom stereocenters. The van der Waals surface area contributed by atoms with Crippen LogP contribution in [0.2, 0.25) is 0 Å². The molecule has 3 nitrogen and oxygen atoms in total. The lowest BCUT2D eigenvalue weighted by molar-refractivity contribution is -0.120. The smallest absolute Gasteiger partial charge is 0.233 e. The number of thiophene rings is 1. The molecule has 0 saturated heterocycles. The van der Waals surface area contributed by atoms with Crippen LogP contribution in [0.5, 0.6) is 0 Å². The average molecular weight is 328 g/mol. The Morgan fingerprint density at radius 3 is 2.91 bits per heavy atom. The molecule has 1 N–H and O–H groups in total. The molecule has 2 heterocycles. The van der Waals surface area contributed by atoms with Gasteiger partial charge in [-0.1, -0.05) is 42.1 Å². The minimum Gasteiger partial charge on any atom is -0.350 e. The minimum absolute atomic E-state index is 0.0355. The van der Waals surface area contributed by atoms with Crippen LogP contribution in [0.4, 0.5) is 0 Å². The highest BCUT2D eigenvalue weighted by molar-refractivity contribution is 8.00. The second-order valence-corrected chi connectivity index (χ2v) is 7.29. The molecule has 0 fully saturated rings. The fourth-order valence-corrected chi connectivity index (χ4v) is 3.57. The molecular formula is C17H16N2OS2. The van der Waals surface area contributed by atoms with Gasteiger partial charge in [-0.15, -0.1) is 11.3 Å². The monoisotopic (exact) mass is 328 g/mol. The highest BCUT2D eigenvalue weighted by Crippen LogP contribution is 2.24. The Labute approximate surface area is 137 Å². The zero-order chi connectivity index (χ0) is 15.4. The van der Waals surface area contributed by atoms with Gasteiger partial charge in [0, 0.05) is 10.3 Å². The zero-order valence-electron chi connectivity index (χ0n) is 12.2. The predicted molar refractivity (Wildman–Crippen MR) is 93.2 cm³/mol. The van der Waals surface area contributed by atoms with E-state index in [1.807, 2.05) is 60.8 Å². The van der Waals surface area contributed by atoms with E-state index in [9.17, 15) is 4.79 Å². The number of carbonyl (C=O) groups excluding carboxylic acids is 1. The van der Waals surface area contributed by atoms with E-state index in [-0.39, 0.29) is 11.2 Å². The number of para-hydroxylation sites is 1. The summed E-state index contributed by atoms with van der Waals surface area (Å²) < 4.78 is 0. The number of benzene rings is 1. The predicted octanol–water partition coefficient (Wildman–Crippen LogP) is 4.09. The van der Waals surface area contributed by atoms with E-state index < -0.39 is 0 Å². The standard InChI is InChI=1S/C17H16N2OS2/c1-12(17(20)18-11-14-6-4-10-21-14)22-16-9-8-13-5-2-3-7-15(13)19-16/h2-10,12H,11H2,1H3,(H,18,20). The van der Waals surface area contributed by atoms with E-state index in [4.69, 9.17) is 0 Å². The van der Waals surface area contributed by atoms with Crippen LogP contribution in [0, 0.1) is 0 Å². The number of amides is 1. The van der Waals surface area contributed by atoms with Gasteiger partial charge in [-0.25, -0.2) is 4.98 Å². The maximum absolute atomic E-state index is 12.2. The lowest BCUT2D eigenvalue weighted by Gasteiger charge is -2.11. The number of fused-ring (bicyclic) bond motifs is 1. The van der Waals surface area contributed by atoms with Crippen molar-refractivity contribution in [2.75, 3.05) is 0 Å². The van der Waals surface area contributed by atoms with Crippen LogP contribution in [0.3, 0.4) is 0 Å². The minimum atomic E-state index is -0.173. The number of pyridine rings is 1. The molecule has 112 valence electrons. The van der Waals surface area contributed by atoms with Crippen molar-refractivity contribution in [3.05, 3.63) is 58.8 Å². The third-order valence-electron chi connectivity index (χ3n) is 3.26. The Bertz CT molecular complexity index is 771. The number of carbonyl (C=O) groups is 1. The second-order valence-electron chi connectivity index (χ2n) is 4.90.